The fraction of sp³-hybridized carbons (Fsp3) is 0.667. The number of imidazole rings is 1. The van der Waals surface area contributed by atoms with Crippen LogP contribution in [0.15, 0.2) is 12.4 Å². The standard InChI is InChI=1S/C9H18N4/c1-3-13(4-2)8-7-12-9-10-5-6-11-9/h5-6H,3-4,7-8H2,1-2H3,(H2,10,11,12). The molecule has 0 aliphatic heterocycles. The van der Waals surface area contributed by atoms with Crippen molar-refractivity contribution in [3.8, 4) is 0 Å². The molecule has 0 saturated heterocycles. The second kappa shape index (κ2) is 5.59. The monoisotopic (exact) mass is 182 g/mol. The van der Waals surface area contributed by atoms with Gasteiger partial charge >= 0.3 is 0 Å². The van der Waals surface area contributed by atoms with Crippen molar-refractivity contribution >= 4 is 5.95 Å². The molecule has 2 N–H and O–H groups in total. The molecule has 1 rings (SSSR count). The average molecular weight is 182 g/mol. The Labute approximate surface area is 79.4 Å². The van der Waals surface area contributed by atoms with Crippen molar-refractivity contribution in [3.05, 3.63) is 12.4 Å². The van der Waals surface area contributed by atoms with Gasteiger partial charge < -0.3 is 15.2 Å². The lowest BCUT2D eigenvalue weighted by Gasteiger charge is -2.17. The molecule has 0 amide bonds. The second-order valence-corrected chi connectivity index (χ2v) is 2.89. The van der Waals surface area contributed by atoms with E-state index in [2.05, 4.69) is 34.0 Å². The molecular weight excluding hydrogens is 164 g/mol. The Balaban J connectivity index is 2.13. The van der Waals surface area contributed by atoms with Crippen molar-refractivity contribution in [1.82, 2.24) is 14.9 Å². The number of aromatic amines is 1. The van der Waals surface area contributed by atoms with Crippen molar-refractivity contribution in [2.45, 2.75) is 13.8 Å². The Bertz CT molecular complexity index is 203. The number of rotatable bonds is 6. The highest BCUT2D eigenvalue weighted by molar-refractivity contribution is 5.22. The molecule has 0 radical (unpaired) electrons. The molecule has 0 bridgehead atoms. The van der Waals surface area contributed by atoms with Crippen LogP contribution in [-0.2, 0) is 0 Å². The molecule has 4 heteroatoms. The molecule has 0 spiro atoms. The van der Waals surface area contributed by atoms with E-state index in [9.17, 15) is 0 Å². The summed E-state index contributed by atoms with van der Waals surface area (Å²) in [6, 6.07) is 0. The van der Waals surface area contributed by atoms with Crippen LogP contribution in [0.3, 0.4) is 0 Å². The van der Waals surface area contributed by atoms with Crippen LogP contribution in [0.1, 0.15) is 13.8 Å². The predicted molar refractivity (Wildman–Crippen MR) is 54.9 cm³/mol. The molecule has 1 heterocycles. The van der Waals surface area contributed by atoms with Crippen molar-refractivity contribution < 1.29 is 0 Å². The van der Waals surface area contributed by atoms with E-state index in [1.165, 1.54) is 0 Å². The van der Waals surface area contributed by atoms with Crippen LogP contribution in [0.4, 0.5) is 5.95 Å². The summed E-state index contributed by atoms with van der Waals surface area (Å²) in [7, 11) is 0. The quantitative estimate of drug-likeness (QED) is 0.694. The van der Waals surface area contributed by atoms with E-state index in [1.54, 1.807) is 6.20 Å². The van der Waals surface area contributed by atoms with E-state index < -0.39 is 0 Å². The fourth-order valence-corrected chi connectivity index (χ4v) is 1.23. The Kier molecular flexibility index (Phi) is 4.32. The second-order valence-electron chi connectivity index (χ2n) is 2.89. The van der Waals surface area contributed by atoms with Gasteiger partial charge in [0.2, 0.25) is 0 Å². The fourth-order valence-electron chi connectivity index (χ4n) is 1.23. The van der Waals surface area contributed by atoms with Gasteiger partial charge in [0.1, 0.15) is 0 Å². The number of aromatic nitrogens is 2. The highest BCUT2D eigenvalue weighted by Gasteiger charge is 1.98. The van der Waals surface area contributed by atoms with Gasteiger partial charge in [0.15, 0.2) is 5.95 Å². The number of H-pyrrole nitrogens is 1. The average Bonchev–Trinajstić information content (AvgIpc) is 2.65. The van der Waals surface area contributed by atoms with Gasteiger partial charge in [-0.3, -0.25) is 0 Å². The van der Waals surface area contributed by atoms with Gasteiger partial charge in [-0.05, 0) is 13.1 Å². The number of likely N-dealkylation sites (N-methyl/N-ethyl adjacent to an activating group) is 1. The first-order chi connectivity index (χ1) is 6.36. The highest BCUT2D eigenvalue weighted by Crippen LogP contribution is 1.94. The Morgan fingerprint density at radius 1 is 1.46 bits per heavy atom. The summed E-state index contributed by atoms with van der Waals surface area (Å²) < 4.78 is 0. The van der Waals surface area contributed by atoms with E-state index >= 15 is 0 Å². The van der Waals surface area contributed by atoms with Gasteiger partial charge in [-0.25, -0.2) is 4.98 Å². The van der Waals surface area contributed by atoms with E-state index in [1.807, 2.05) is 6.20 Å². The van der Waals surface area contributed by atoms with Gasteiger partial charge in [-0.2, -0.15) is 0 Å². The maximum atomic E-state index is 4.08. The summed E-state index contributed by atoms with van der Waals surface area (Å²) >= 11 is 0. The minimum atomic E-state index is 0.854. The summed E-state index contributed by atoms with van der Waals surface area (Å²) in [4.78, 5) is 9.46. The van der Waals surface area contributed by atoms with Gasteiger partial charge in [-0.1, -0.05) is 13.8 Å². The molecule has 0 aliphatic carbocycles. The summed E-state index contributed by atoms with van der Waals surface area (Å²) in [5.74, 6) is 0.854. The molecule has 0 unspecified atom stereocenters. The molecule has 1 aromatic heterocycles. The number of hydrogen-bond acceptors (Lipinski definition) is 3. The van der Waals surface area contributed by atoms with Crippen molar-refractivity contribution in [2.75, 3.05) is 31.5 Å². The normalized spacial score (nSPS) is 10.7. The molecule has 4 nitrogen and oxygen atoms in total. The third kappa shape index (κ3) is 3.46. The van der Waals surface area contributed by atoms with Gasteiger partial charge in [-0.15, -0.1) is 0 Å². The molecule has 74 valence electrons. The van der Waals surface area contributed by atoms with E-state index in [-0.39, 0.29) is 0 Å². The van der Waals surface area contributed by atoms with Crippen LogP contribution in [0, 0.1) is 0 Å². The minimum Gasteiger partial charge on any atom is -0.355 e. The maximum absolute atomic E-state index is 4.08. The molecule has 0 aliphatic rings. The van der Waals surface area contributed by atoms with Crippen LogP contribution in [0.5, 0.6) is 0 Å². The molecule has 0 fully saturated rings. The number of nitrogens with one attached hydrogen (secondary N) is 2. The SMILES string of the molecule is CCN(CC)CCNc1ncc[nH]1. The first-order valence-electron chi connectivity index (χ1n) is 4.82. The lowest BCUT2D eigenvalue weighted by Crippen LogP contribution is -2.28. The third-order valence-electron chi connectivity index (χ3n) is 2.11. The van der Waals surface area contributed by atoms with Gasteiger partial charge in [0, 0.05) is 25.5 Å². The molecule has 0 saturated carbocycles. The van der Waals surface area contributed by atoms with E-state index in [0.717, 1.165) is 32.1 Å². The summed E-state index contributed by atoms with van der Waals surface area (Å²) in [5, 5.41) is 3.22. The van der Waals surface area contributed by atoms with Crippen LogP contribution >= 0.6 is 0 Å². The number of anilines is 1. The first-order valence-corrected chi connectivity index (χ1v) is 4.82. The number of nitrogens with zero attached hydrogens (tertiary/aromatic N) is 2. The zero-order valence-electron chi connectivity index (χ0n) is 8.38. The van der Waals surface area contributed by atoms with Gasteiger partial charge in [0.25, 0.3) is 0 Å². The topological polar surface area (TPSA) is 44.0 Å². The van der Waals surface area contributed by atoms with E-state index in [0.29, 0.717) is 0 Å². The van der Waals surface area contributed by atoms with Crippen LogP contribution in [0.25, 0.3) is 0 Å². The Morgan fingerprint density at radius 2 is 2.23 bits per heavy atom. The summed E-state index contributed by atoms with van der Waals surface area (Å²) in [5.41, 5.74) is 0. The lowest BCUT2D eigenvalue weighted by molar-refractivity contribution is 0.316. The largest absolute Gasteiger partial charge is 0.355 e. The molecule has 0 aromatic carbocycles. The zero-order valence-corrected chi connectivity index (χ0v) is 8.38. The third-order valence-corrected chi connectivity index (χ3v) is 2.11. The van der Waals surface area contributed by atoms with Crippen molar-refractivity contribution in [2.24, 2.45) is 0 Å². The smallest absolute Gasteiger partial charge is 0.200 e. The highest BCUT2D eigenvalue weighted by atomic mass is 15.2. The van der Waals surface area contributed by atoms with Crippen LogP contribution < -0.4 is 5.32 Å². The van der Waals surface area contributed by atoms with Crippen LogP contribution in [-0.4, -0.2) is 41.0 Å². The zero-order chi connectivity index (χ0) is 9.52. The van der Waals surface area contributed by atoms with Crippen molar-refractivity contribution in [3.63, 3.8) is 0 Å². The molecule has 0 atom stereocenters. The first kappa shape index (κ1) is 10.1. The van der Waals surface area contributed by atoms with Crippen molar-refractivity contribution in [1.29, 1.82) is 0 Å². The molecular formula is C9H18N4. The van der Waals surface area contributed by atoms with Gasteiger partial charge in [0.05, 0.1) is 0 Å². The molecule has 1 aromatic rings. The minimum absolute atomic E-state index is 0.854. The predicted octanol–water partition coefficient (Wildman–Crippen LogP) is 1.16. The Morgan fingerprint density at radius 3 is 2.77 bits per heavy atom. The van der Waals surface area contributed by atoms with E-state index in [4.69, 9.17) is 0 Å². The van der Waals surface area contributed by atoms with Crippen LogP contribution in [0.2, 0.25) is 0 Å². The number of hydrogen-bond donors (Lipinski definition) is 2. The lowest BCUT2D eigenvalue weighted by atomic mass is 10.5. The summed E-state index contributed by atoms with van der Waals surface area (Å²) in [6.07, 6.45) is 3.57. The maximum Gasteiger partial charge on any atom is 0.200 e. The molecule has 13 heavy (non-hydrogen) atoms. The Hall–Kier alpha value is -1.03. The summed E-state index contributed by atoms with van der Waals surface area (Å²) in [6.45, 7) is 8.57.